The van der Waals surface area contributed by atoms with Crippen LogP contribution in [-0.4, -0.2) is 31.7 Å². The van der Waals surface area contributed by atoms with Gasteiger partial charge in [-0.05, 0) is 31.4 Å². The molecule has 3 rings (SSSR count). The van der Waals surface area contributed by atoms with E-state index >= 15 is 0 Å². The molecule has 0 aliphatic heterocycles. The fourth-order valence-electron chi connectivity index (χ4n) is 2.37. The van der Waals surface area contributed by atoms with Gasteiger partial charge in [-0.25, -0.2) is 0 Å². The molecule has 0 radical (unpaired) electrons. The SMILES string of the molecule is CCn1cc(Cn2cc(NC(=O)c3cc(SC)ccc3Cl)cn2)cn1. The molecule has 0 bridgehead atoms. The first-order valence-corrected chi connectivity index (χ1v) is 9.38. The zero-order valence-corrected chi connectivity index (χ0v) is 15.5. The van der Waals surface area contributed by atoms with Gasteiger partial charge < -0.3 is 5.32 Å². The zero-order valence-electron chi connectivity index (χ0n) is 13.9. The van der Waals surface area contributed by atoms with Crippen LogP contribution in [-0.2, 0) is 13.1 Å². The lowest BCUT2D eigenvalue weighted by Crippen LogP contribution is -2.12. The van der Waals surface area contributed by atoms with Gasteiger partial charge in [-0.15, -0.1) is 11.8 Å². The summed E-state index contributed by atoms with van der Waals surface area (Å²) in [5.41, 5.74) is 2.13. The number of carbonyl (C=O) groups is 1. The number of aryl methyl sites for hydroxylation is 1. The molecular formula is C17H18ClN5OS. The van der Waals surface area contributed by atoms with Crippen molar-refractivity contribution in [2.75, 3.05) is 11.6 Å². The summed E-state index contributed by atoms with van der Waals surface area (Å²) in [5.74, 6) is -0.251. The third-order valence-corrected chi connectivity index (χ3v) is 4.72. The van der Waals surface area contributed by atoms with Crippen molar-refractivity contribution in [3.63, 3.8) is 0 Å². The molecule has 6 nitrogen and oxygen atoms in total. The summed E-state index contributed by atoms with van der Waals surface area (Å²) >= 11 is 7.70. The van der Waals surface area contributed by atoms with Gasteiger partial charge in [0.1, 0.15) is 0 Å². The number of nitrogens with one attached hydrogen (secondary N) is 1. The first-order chi connectivity index (χ1) is 12.1. The zero-order chi connectivity index (χ0) is 17.8. The summed E-state index contributed by atoms with van der Waals surface area (Å²) in [6, 6.07) is 5.40. The van der Waals surface area contributed by atoms with E-state index < -0.39 is 0 Å². The Morgan fingerprint density at radius 2 is 2.04 bits per heavy atom. The van der Waals surface area contributed by atoms with Crippen molar-refractivity contribution in [1.29, 1.82) is 0 Å². The standard InChI is InChI=1S/C17H18ClN5OS/c1-3-22-9-12(7-19-22)10-23-11-13(8-20-23)21-17(24)15-6-14(25-2)4-5-16(15)18/h4-9,11H,3,10H2,1-2H3,(H,21,24). The molecule has 0 atom stereocenters. The molecule has 0 unspecified atom stereocenters. The second-order valence-electron chi connectivity index (χ2n) is 5.43. The molecule has 2 aromatic heterocycles. The Bertz CT molecular complexity index is 889. The molecular weight excluding hydrogens is 358 g/mol. The minimum atomic E-state index is -0.251. The third kappa shape index (κ3) is 4.24. The van der Waals surface area contributed by atoms with Crippen molar-refractivity contribution in [3.05, 3.63) is 59.1 Å². The number of hydrogen-bond acceptors (Lipinski definition) is 4. The molecule has 0 aliphatic rings. The van der Waals surface area contributed by atoms with Crippen LogP contribution in [0.2, 0.25) is 5.02 Å². The molecule has 8 heteroatoms. The Kier molecular flexibility index (Phi) is 5.45. The number of anilines is 1. The highest BCUT2D eigenvalue weighted by Gasteiger charge is 2.12. The normalized spacial score (nSPS) is 10.8. The lowest BCUT2D eigenvalue weighted by Gasteiger charge is -2.06. The molecule has 0 saturated heterocycles. The van der Waals surface area contributed by atoms with E-state index in [1.54, 1.807) is 41.0 Å². The second-order valence-corrected chi connectivity index (χ2v) is 6.72. The average Bonchev–Trinajstić information content (AvgIpc) is 3.25. The van der Waals surface area contributed by atoms with Gasteiger partial charge in [0.2, 0.25) is 0 Å². The highest BCUT2D eigenvalue weighted by Crippen LogP contribution is 2.24. The van der Waals surface area contributed by atoms with Gasteiger partial charge in [0, 0.05) is 29.4 Å². The van der Waals surface area contributed by atoms with Gasteiger partial charge in [-0.3, -0.25) is 14.2 Å². The smallest absolute Gasteiger partial charge is 0.257 e. The fourth-order valence-corrected chi connectivity index (χ4v) is 3.01. The molecule has 1 N–H and O–H groups in total. The molecule has 0 saturated carbocycles. The maximum atomic E-state index is 12.5. The molecule has 2 heterocycles. The fraction of sp³-hybridized carbons (Fsp3) is 0.235. The number of halogens is 1. The van der Waals surface area contributed by atoms with Crippen molar-refractivity contribution < 1.29 is 4.79 Å². The van der Waals surface area contributed by atoms with Gasteiger partial charge >= 0.3 is 0 Å². The number of benzene rings is 1. The summed E-state index contributed by atoms with van der Waals surface area (Å²) in [6.07, 6.45) is 9.16. The van der Waals surface area contributed by atoms with E-state index in [0.29, 0.717) is 22.8 Å². The Morgan fingerprint density at radius 3 is 2.76 bits per heavy atom. The van der Waals surface area contributed by atoms with E-state index in [1.807, 2.05) is 36.3 Å². The van der Waals surface area contributed by atoms with E-state index in [9.17, 15) is 4.79 Å². The molecule has 3 aromatic rings. The largest absolute Gasteiger partial charge is 0.319 e. The van der Waals surface area contributed by atoms with Gasteiger partial charge in [-0.1, -0.05) is 11.6 Å². The highest BCUT2D eigenvalue weighted by molar-refractivity contribution is 7.98. The third-order valence-electron chi connectivity index (χ3n) is 3.66. The quantitative estimate of drug-likeness (QED) is 0.666. The average molecular weight is 376 g/mol. The summed E-state index contributed by atoms with van der Waals surface area (Å²) in [6.45, 7) is 3.46. The van der Waals surface area contributed by atoms with E-state index in [2.05, 4.69) is 15.5 Å². The van der Waals surface area contributed by atoms with Crippen molar-refractivity contribution in [2.45, 2.75) is 24.9 Å². The van der Waals surface area contributed by atoms with Crippen LogP contribution in [0.3, 0.4) is 0 Å². The Morgan fingerprint density at radius 1 is 1.24 bits per heavy atom. The maximum absolute atomic E-state index is 12.5. The Labute approximate surface area is 155 Å². The summed E-state index contributed by atoms with van der Waals surface area (Å²) in [4.78, 5) is 13.4. The lowest BCUT2D eigenvalue weighted by atomic mass is 10.2. The number of hydrogen-bond donors (Lipinski definition) is 1. The molecule has 25 heavy (non-hydrogen) atoms. The van der Waals surface area contributed by atoms with Crippen molar-refractivity contribution in [1.82, 2.24) is 19.6 Å². The first-order valence-electron chi connectivity index (χ1n) is 7.77. The summed E-state index contributed by atoms with van der Waals surface area (Å²) < 4.78 is 3.62. The molecule has 1 aromatic carbocycles. The van der Waals surface area contributed by atoms with Crippen molar-refractivity contribution in [2.24, 2.45) is 0 Å². The maximum Gasteiger partial charge on any atom is 0.257 e. The Hall–Kier alpha value is -2.25. The minimum Gasteiger partial charge on any atom is -0.319 e. The van der Waals surface area contributed by atoms with Crippen LogP contribution in [0, 0.1) is 0 Å². The van der Waals surface area contributed by atoms with Crippen LogP contribution < -0.4 is 5.32 Å². The van der Waals surface area contributed by atoms with Crippen LogP contribution in [0.25, 0.3) is 0 Å². The van der Waals surface area contributed by atoms with Crippen LogP contribution in [0.15, 0.2) is 47.9 Å². The number of aromatic nitrogens is 4. The molecule has 0 aliphatic carbocycles. The van der Waals surface area contributed by atoms with E-state index in [1.165, 1.54) is 0 Å². The van der Waals surface area contributed by atoms with Gasteiger partial charge in [0.25, 0.3) is 5.91 Å². The second kappa shape index (κ2) is 7.76. The number of carbonyl (C=O) groups excluding carboxylic acids is 1. The predicted molar refractivity (Wildman–Crippen MR) is 100 cm³/mol. The summed E-state index contributed by atoms with van der Waals surface area (Å²) in [5, 5.41) is 11.8. The predicted octanol–water partition coefficient (Wildman–Crippen LogP) is 3.78. The van der Waals surface area contributed by atoms with Gasteiger partial charge in [0.15, 0.2) is 0 Å². The van der Waals surface area contributed by atoms with Crippen LogP contribution in [0.1, 0.15) is 22.8 Å². The number of amides is 1. The number of rotatable bonds is 6. The first kappa shape index (κ1) is 17.6. The van der Waals surface area contributed by atoms with E-state index in [4.69, 9.17) is 11.6 Å². The summed E-state index contributed by atoms with van der Waals surface area (Å²) in [7, 11) is 0. The van der Waals surface area contributed by atoms with Gasteiger partial charge in [0.05, 0.1) is 35.2 Å². The lowest BCUT2D eigenvalue weighted by molar-refractivity contribution is 0.102. The molecule has 1 amide bonds. The monoisotopic (exact) mass is 375 g/mol. The Balaban J connectivity index is 1.69. The van der Waals surface area contributed by atoms with E-state index in [0.717, 1.165) is 17.0 Å². The van der Waals surface area contributed by atoms with Crippen LogP contribution >= 0.6 is 23.4 Å². The molecule has 130 valence electrons. The molecule has 0 fully saturated rings. The van der Waals surface area contributed by atoms with Crippen molar-refractivity contribution in [3.8, 4) is 0 Å². The highest BCUT2D eigenvalue weighted by atomic mass is 35.5. The minimum absolute atomic E-state index is 0.251. The molecule has 0 spiro atoms. The van der Waals surface area contributed by atoms with Gasteiger partial charge in [-0.2, -0.15) is 10.2 Å². The number of nitrogens with zero attached hydrogens (tertiary/aromatic N) is 4. The topological polar surface area (TPSA) is 64.7 Å². The number of thioether (sulfide) groups is 1. The van der Waals surface area contributed by atoms with Crippen LogP contribution in [0.5, 0.6) is 0 Å². The van der Waals surface area contributed by atoms with Crippen molar-refractivity contribution >= 4 is 35.0 Å². The van der Waals surface area contributed by atoms with E-state index in [-0.39, 0.29) is 5.91 Å². The van der Waals surface area contributed by atoms with Crippen LogP contribution in [0.4, 0.5) is 5.69 Å².